The molecule has 0 atom stereocenters. The monoisotopic (exact) mass is 366 g/mol. The number of carbonyl (C=O) groups is 1. The van der Waals surface area contributed by atoms with Crippen LogP contribution in [0.15, 0.2) is 48.5 Å². The third-order valence-electron chi connectivity index (χ3n) is 2.83. The number of nitrogens with one attached hydrogen (secondary N) is 1. The third-order valence-corrected chi connectivity index (χ3v) is 3.77. The number of hydrogen-bond acceptors (Lipinski definition) is 2. The van der Waals surface area contributed by atoms with E-state index in [2.05, 4.69) is 27.9 Å². The van der Waals surface area contributed by atoms with Crippen LogP contribution in [-0.2, 0) is 13.1 Å². The van der Waals surface area contributed by atoms with Crippen LogP contribution in [0.25, 0.3) is 0 Å². The minimum atomic E-state index is -0.0482. The standard InChI is InChI=1S/C15H15IN2O/c16-14-4-2-1-3-13(14)15(19)18-10-12-7-5-11(9-17)6-8-12/h1-8H,9-10,17H2,(H,18,19). The van der Waals surface area contributed by atoms with Crippen LogP contribution >= 0.6 is 22.6 Å². The summed E-state index contributed by atoms with van der Waals surface area (Å²) in [6.45, 7) is 1.06. The minimum absolute atomic E-state index is 0.0482. The number of rotatable bonds is 4. The maximum atomic E-state index is 12.0. The summed E-state index contributed by atoms with van der Waals surface area (Å²) in [7, 11) is 0. The lowest BCUT2D eigenvalue weighted by atomic mass is 10.1. The van der Waals surface area contributed by atoms with E-state index in [1.165, 1.54) is 0 Å². The fourth-order valence-electron chi connectivity index (χ4n) is 1.72. The number of nitrogens with two attached hydrogens (primary N) is 1. The minimum Gasteiger partial charge on any atom is -0.348 e. The van der Waals surface area contributed by atoms with Crippen molar-refractivity contribution in [3.63, 3.8) is 0 Å². The van der Waals surface area contributed by atoms with Crippen molar-refractivity contribution >= 4 is 28.5 Å². The van der Waals surface area contributed by atoms with E-state index in [4.69, 9.17) is 5.73 Å². The molecule has 2 aromatic rings. The zero-order valence-corrected chi connectivity index (χ0v) is 12.6. The lowest BCUT2D eigenvalue weighted by Gasteiger charge is -2.07. The lowest BCUT2D eigenvalue weighted by Crippen LogP contribution is -2.23. The molecule has 2 rings (SSSR count). The summed E-state index contributed by atoms with van der Waals surface area (Å²) >= 11 is 2.16. The summed E-state index contributed by atoms with van der Waals surface area (Å²) in [5.41, 5.74) is 8.41. The molecule has 0 aliphatic carbocycles. The van der Waals surface area contributed by atoms with Gasteiger partial charge < -0.3 is 11.1 Å². The van der Waals surface area contributed by atoms with E-state index in [0.717, 1.165) is 14.7 Å². The van der Waals surface area contributed by atoms with E-state index in [1.54, 1.807) is 0 Å². The molecule has 19 heavy (non-hydrogen) atoms. The van der Waals surface area contributed by atoms with E-state index in [1.807, 2.05) is 48.5 Å². The maximum absolute atomic E-state index is 12.0. The molecule has 4 heteroatoms. The van der Waals surface area contributed by atoms with E-state index >= 15 is 0 Å². The molecule has 0 fully saturated rings. The van der Waals surface area contributed by atoms with Gasteiger partial charge in [-0.1, -0.05) is 36.4 Å². The second kappa shape index (κ2) is 6.68. The highest BCUT2D eigenvalue weighted by molar-refractivity contribution is 14.1. The zero-order valence-electron chi connectivity index (χ0n) is 10.4. The molecular formula is C15H15IN2O. The average Bonchev–Trinajstić information content (AvgIpc) is 2.46. The van der Waals surface area contributed by atoms with Crippen LogP contribution in [0.5, 0.6) is 0 Å². The topological polar surface area (TPSA) is 55.1 Å². The van der Waals surface area contributed by atoms with E-state index in [0.29, 0.717) is 18.7 Å². The van der Waals surface area contributed by atoms with Gasteiger partial charge in [-0.3, -0.25) is 4.79 Å². The van der Waals surface area contributed by atoms with Gasteiger partial charge in [-0.05, 0) is 45.9 Å². The Bertz CT molecular complexity index is 567. The normalized spacial score (nSPS) is 10.2. The highest BCUT2D eigenvalue weighted by Gasteiger charge is 2.08. The molecule has 0 radical (unpaired) electrons. The molecule has 0 unspecified atom stereocenters. The molecule has 0 aliphatic heterocycles. The molecule has 3 nitrogen and oxygen atoms in total. The van der Waals surface area contributed by atoms with Crippen LogP contribution in [0.1, 0.15) is 21.5 Å². The first kappa shape index (κ1) is 14.0. The smallest absolute Gasteiger partial charge is 0.252 e. The van der Waals surface area contributed by atoms with Gasteiger partial charge in [0.2, 0.25) is 0 Å². The summed E-state index contributed by atoms with van der Waals surface area (Å²) in [4.78, 5) is 12.0. The number of hydrogen-bond donors (Lipinski definition) is 2. The quantitative estimate of drug-likeness (QED) is 0.818. The lowest BCUT2D eigenvalue weighted by molar-refractivity contribution is 0.0950. The Labute approximate surface area is 126 Å². The van der Waals surface area contributed by atoms with Crippen LogP contribution < -0.4 is 11.1 Å². The first-order valence-corrected chi connectivity index (χ1v) is 7.09. The molecule has 98 valence electrons. The molecule has 0 saturated carbocycles. The largest absolute Gasteiger partial charge is 0.348 e. The summed E-state index contributed by atoms with van der Waals surface area (Å²) in [6.07, 6.45) is 0. The average molecular weight is 366 g/mol. The Morgan fingerprint density at radius 1 is 1.05 bits per heavy atom. The van der Waals surface area contributed by atoms with Gasteiger partial charge in [0.25, 0.3) is 5.91 Å². The van der Waals surface area contributed by atoms with Crippen molar-refractivity contribution in [1.29, 1.82) is 0 Å². The highest BCUT2D eigenvalue weighted by atomic mass is 127. The molecule has 1 amide bonds. The SMILES string of the molecule is NCc1ccc(CNC(=O)c2ccccc2I)cc1. The Hall–Kier alpha value is -1.40. The summed E-state index contributed by atoms with van der Waals surface area (Å²) in [6, 6.07) is 15.5. The number of benzene rings is 2. The van der Waals surface area contributed by atoms with E-state index in [-0.39, 0.29) is 5.91 Å². The Kier molecular flexibility index (Phi) is 4.93. The van der Waals surface area contributed by atoms with Crippen LogP contribution in [0.3, 0.4) is 0 Å². The van der Waals surface area contributed by atoms with Crippen LogP contribution in [-0.4, -0.2) is 5.91 Å². The van der Waals surface area contributed by atoms with Crippen molar-refractivity contribution in [2.45, 2.75) is 13.1 Å². The molecule has 0 heterocycles. The predicted octanol–water partition coefficient (Wildman–Crippen LogP) is 2.68. The molecular weight excluding hydrogens is 351 g/mol. The zero-order chi connectivity index (χ0) is 13.7. The van der Waals surface area contributed by atoms with Crippen LogP contribution in [0.4, 0.5) is 0 Å². The molecule has 0 aromatic heterocycles. The number of halogens is 1. The number of carbonyl (C=O) groups excluding carboxylic acids is 1. The Morgan fingerprint density at radius 3 is 2.32 bits per heavy atom. The van der Waals surface area contributed by atoms with Crippen molar-refractivity contribution < 1.29 is 4.79 Å². The second-order valence-electron chi connectivity index (χ2n) is 4.18. The van der Waals surface area contributed by atoms with E-state index in [9.17, 15) is 4.79 Å². The fraction of sp³-hybridized carbons (Fsp3) is 0.133. The van der Waals surface area contributed by atoms with E-state index < -0.39 is 0 Å². The highest BCUT2D eigenvalue weighted by Crippen LogP contribution is 2.11. The Balaban J connectivity index is 1.98. The molecule has 0 aliphatic rings. The summed E-state index contributed by atoms with van der Waals surface area (Å²) in [5, 5.41) is 2.92. The molecule has 0 saturated heterocycles. The van der Waals surface area contributed by atoms with Crippen LogP contribution in [0.2, 0.25) is 0 Å². The van der Waals surface area contributed by atoms with Gasteiger partial charge in [-0.15, -0.1) is 0 Å². The molecule has 2 aromatic carbocycles. The van der Waals surface area contributed by atoms with Gasteiger partial charge in [0.05, 0.1) is 5.56 Å². The van der Waals surface area contributed by atoms with Gasteiger partial charge in [0.15, 0.2) is 0 Å². The predicted molar refractivity (Wildman–Crippen MR) is 84.7 cm³/mol. The van der Waals surface area contributed by atoms with Gasteiger partial charge >= 0.3 is 0 Å². The summed E-state index contributed by atoms with van der Waals surface area (Å²) < 4.78 is 0.955. The van der Waals surface area contributed by atoms with Crippen molar-refractivity contribution in [1.82, 2.24) is 5.32 Å². The number of amides is 1. The van der Waals surface area contributed by atoms with Crippen molar-refractivity contribution in [3.05, 3.63) is 68.8 Å². The molecule has 0 spiro atoms. The molecule has 3 N–H and O–H groups in total. The summed E-state index contributed by atoms with van der Waals surface area (Å²) in [5.74, 6) is -0.0482. The van der Waals surface area contributed by atoms with Gasteiger partial charge in [-0.2, -0.15) is 0 Å². The third kappa shape index (κ3) is 3.78. The fourth-order valence-corrected chi connectivity index (χ4v) is 2.35. The molecule has 0 bridgehead atoms. The first-order valence-electron chi connectivity index (χ1n) is 6.01. The maximum Gasteiger partial charge on any atom is 0.252 e. The Morgan fingerprint density at radius 2 is 1.68 bits per heavy atom. The van der Waals surface area contributed by atoms with Crippen molar-refractivity contribution in [2.24, 2.45) is 5.73 Å². The van der Waals surface area contributed by atoms with Crippen molar-refractivity contribution in [3.8, 4) is 0 Å². The van der Waals surface area contributed by atoms with Crippen molar-refractivity contribution in [2.75, 3.05) is 0 Å². The van der Waals surface area contributed by atoms with Gasteiger partial charge in [-0.25, -0.2) is 0 Å². The van der Waals surface area contributed by atoms with Crippen LogP contribution in [0, 0.1) is 3.57 Å². The van der Waals surface area contributed by atoms with Gasteiger partial charge in [0.1, 0.15) is 0 Å². The van der Waals surface area contributed by atoms with Gasteiger partial charge in [0, 0.05) is 16.7 Å². The second-order valence-corrected chi connectivity index (χ2v) is 5.35. The first-order chi connectivity index (χ1) is 9.20.